The molecule has 162 valence electrons. The number of piperidine rings is 1. The predicted octanol–water partition coefficient (Wildman–Crippen LogP) is 4.02. The molecular formula is C24H21N3O4S. The molecule has 0 atom stereocenters. The maximum Gasteiger partial charge on any atom is 0.414 e. The lowest BCUT2D eigenvalue weighted by atomic mass is 10.0. The highest BCUT2D eigenvalue weighted by atomic mass is 32.2. The lowest BCUT2D eigenvalue weighted by Crippen LogP contribution is -2.50. The molecule has 0 saturated carbocycles. The van der Waals surface area contributed by atoms with Crippen molar-refractivity contribution in [2.24, 2.45) is 0 Å². The molecule has 3 aromatic rings. The molecule has 0 aromatic heterocycles. The van der Waals surface area contributed by atoms with Gasteiger partial charge in [-0.3, -0.25) is 4.90 Å². The second-order valence-corrected chi connectivity index (χ2v) is 9.96. The highest BCUT2D eigenvalue weighted by Crippen LogP contribution is 2.33. The molecule has 8 heteroatoms. The Kier molecular flexibility index (Phi) is 5.08. The Hall–Kier alpha value is -3.41. The van der Waals surface area contributed by atoms with Crippen molar-refractivity contribution in [3.8, 4) is 6.07 Å². The second kappa shape index (κ2) is 7.93. The van der Waals surface area contributed by atoms with E-state index in [0.29, 0.717) is 31.5 Å². The van der Waals surface area contributed by atoms with E-state index < -0.39 is 16.1 Å². The number of ether oxygens (including phenoxy) is 1. The average Bonchev–Trinajstić information content (AvgIpc) is 2.83. The molecule has 2 heterocycles. The highest BCUT2D eigenvalue weighted by molar-refractivity contribution is 7.89. The zero-order valence-electron chi connectivity index (χ0n) is 17.3. The fraction of sp³-hybridized carbons (Fsp3) is 0.250. The maximum atomic E-state index is 13.2. The van der Waals surface area contributed by atoms with Crippen molar-refractivity contribution < 1.29 is 17.9 Å². The summed E-state index contributed by atoms with van der Waals surface area (Å²) in [6.45, 7) is 0.764. The number of anilines is 1. The van der Waals surface area contributed by atoms with Crippen LogP contribution in [0.25, 0.3) is 10.8 Å². The van der Waals surface area contributed by atoms with E-state index in [1.807, 2.05) is 30.3 Å². The van der Waals surface area contributed by atoms with E-state index in [9.17, 15) is 13.2 Å². The first-order chi connectivity index (χ1) is 15.5. The van der Waals surface area contributed by atoms with Crippen molar-refractivity contribution in [1.29, 1.82) is 5.26 Å². The summed E-state index contributed by atoms with van der Waals surface area (Å²) in [5.41, 5.74) is 2.03. The van der Waals surface area contributed by atoms with Crippen LogP contribution in [0.4, 0.5) is 10.5 Å². The minimum absolute atomic E-state index is 0.134. The van der Waals surface area contributed by atoms with Gasteiger partial charge in [0.05, 0.1) is 22.2 Å². The van der Waals surface area contributed by atoms with E-state index in [-0.39, 0.29) is 17.5 Å². The predicted molar refractivity (Wildman–Crippen MR) is 120 cm³/mol. The number of sulfonamides is 1. The summed E-state index contributed by atoms with van der Waals surface area (Å²) in [5, 5.41) is 11.0. The third-order valence-corrected chi connectivity index (χ3v) is 8.06. The number of carbonyl (C=O) groups is 1. The Morgan fingerprint density at radius 2 is 1.72 bits per heavy atom. The van der Waals surface area contributed by atoms with Crippen LogP contribution in [0.15, 0.2) is 65.6 Å². The smallest absolute Gasteiger partial charge is 0.414 e. The van der Waals surface area contributed by atoms with Crippen LogP contribution in [0.3, 0.4) is 0 Å². The van der Waals surface area contributed by atoms with Crippen LogP contribution in [-0.2, 0) is 21.4 Å². The molecule has 0 aliphatic carbocycles. The molecule has 0 bridgehead atoms. The summed E-state index contributed by atoms with van der Waals surface area (Å²) in [5.74, 6) is 0. The van der Waals surface area contributed by atoms with E-state index in [2.05, 4.69) is 6.07 Å². The summed E-state index contributed by atoms with van der Waals surface area (Å²) >= 11 is 0. The number of amides is 1. The van der Waals surface area contributed by atoms with Crippen LogP contribution >= 0.6 is 0 Å². The Morgan fingerprint density at radius 1 is 0.969 bits per heavy atom. The lowest BCUT2D eigenvalue weighted by Gasteiger charge is -2.39. The fourth-order valence-corrected chi connectivity index (χ4v) is 5.98. The molecular weight excluding hydrogens is 426 g/mol. The van der Waals surface area contributed by atoms with Crippen molar-refractivity contribution in [2.75, 3.05) is 18.0 Å². The third kappa shape index (κ3) is 3.49. The first-order valence-electron chi connectivity index (χ1n) is 10.5. The van der Waals surface area contributed by atoms with Gasteiger partial charge in [-0.25, -0.2) is 13.2 Å². The molecule has 2 aliphatic rings. The quantitative estimate of drug-likeness (QED) is 0.605. The molecule has 0 radical (unpaired) electrons. The van der Waals surface area contributed by atoms with Gasteiger partial charge in [0, 0.05) is 24.7 Å². The molecule has 5 rings (SSSR count). The molecule has 1 amide bonds. The number of hydrogen-bond acceptors (Lipinski definition) is 5. The monoisotopic (exact) mass is 447 g/mol. The average molecular weight is 448 g/mol. The normalized spacial score (nSPS) is 17.6. The summed E-state index contributed by atoms with van der Waals surface area (Å²) in [6.07, 6.45) is 0.570. The number of rotatable bonds is 3. The van der Waals surface area contributed by atoms with Crippen LogP contribution in [0, 0.1) is 11.3 Å². The SMILES string of the molecule is N#Cc1ccc2c(c1)COC(=O)N2C1CCN(S(=O)(=O)c2ccc3ccccc3c2)CC1. The van der Waals surface area contributed by atoms with Crippen molar-refractivity contribution in [1.82, 2.24) is 4.31 Å². The zero-order valence-corrected chi connectivity index (χ0v) is 18.1. The van der Waals surface area contributed by atoms with Crippen LogP contribution in [-0.4, -0.2) is 37.9 Å². The number of fused-ring (bicyclic) bond motifs is 2. The molecule has 7 nitrogen and oxygen atoms in total. The van der Waals surface area contributed by atoms with E-state index >= 15 is 0 Å². The minimum atomic E-state index is -3.63. The van der Waals surface area contributed by atoms with Crippen LogP contribution in [0.1, 0.15) is 24.0 Å². The van der Waals surface area contributed by atoms with Gasteiger partial charge < -0.3 is 4.74 Å². The van der Waals surface area contributed by atoms with E-state index in [1.165, 1.54) is 4.31 Å². The van der Waals surface area contributed by atoms with Gasteiger partial charge in [-0.15, -0.1) is 0 Å². The number of hydrogen-bond donors (Lipinski definition) is 0. The Bertz CT molecular complexity index is 1360. The second-order valence-electron chi connectivity index (χ2n) is 8.02. The molecule has 32 heavy (non-hydrogen) atoms. The van der Waals surface area contributed by atoms with Crippen molar-refractivity contribution in [3.05, 3.63) is 71.8 Å². The summed E-state index contributed by atoms with van der Waals surface area (Å²) in [7, 11) is -3.63. The topological polar surface area (TPSA) is 90.7 Å². The van der Waals surface area contributed by atoms with Gasteiger partial charge in [-0.2, -0.15) is 9.57 Å². The van der Waals surface area contributed by atoms with E-state index in [0.717, 1.165) is 22.0 Å². The zero-order chi connectivity index (χ0) is 22.3. The van der Waals surface area contributed by atoms with Gasteiger partial charge in [0.2, 0.25) is 10.0 Å². The Morgan fingerprint density at radius 3 is 2.47 bits per heavy atom. The molecule has 1 saturated heterocycles. The van der Waals surface area contributed by atoms with Crippen molar-refractivity contribution in [3.63, 3.8) is 0 Å². The molecule has 3 aromatic carbocycles. The van der Waals surface area contributed by atoms with E-state index in [1.54, 1.807) is 35.2 Å². The summed E-state index contributed by atoms with van der Waals surface area (Å²) < 4.78 is 33.3. The number of carbonyl (C=O) groups excluding carboxylic acids is 1. The first-order valence-corrected chi connectivity index (χ1v) is 11.9. The van der Waals surface area contributed by atoms with Gasteiger partial charge in [0.25, 0.3) is 0 Å². The Balaban J connectivity index is 1.36. The summed E-state index contributed by atoms with van der Waals surface area (Å²) in [6, 6.07) is 20.0. The molecule has 2 aliphatic heterocycles. The van der Waals surface area contributed by atoms with Gasteiger partial charge in [-0.1, -0.05) is 30.3 Å². The number of benzene rings is 3. The number of nitrogens with zero attached hydrogens (tertiary/aromatic N) is 3. The van der Waals surface area contributed by atoms with E-state index in [4.69, 9.17) is 10.00 Å². The van der Waals surface area contributed by atoms with Crippen LogP contribution in [0.5, 0.6) is 0 Å². The number of cyclic esters (lactones) is 1. The van der Waals surface area contributed by atoms with Gasteiger partial charge in [0.1, 0.15) is 6.61 Å². The number of nitriles is 1. The molecule has 1 fully saturated rings. The minimum Gasteiger partial charge on any atom is -0.444 e. The van der Waals surface area contributed by atoms with Crippen molar-refractivity contribution in [2.45, 2.75) is 30.4 Å². The maximum absolute atomic E-state index is 13.2. The van der Waals surface area contributed by atoms with Crippen LogP contribution < -0.4 is 4.90 Å². The standard InChI is InChI=1S/C24H21N3O4S/c25-15-17-5-8-23-20(13-17)16-31-24(28)27(23)21-9-11-26(12-10-21)32(29,30)22-7-6-18-3-1-2-4-19(18)14-22/h1-8,13-14,21H,9-12,16H2. The van der Waals surface area contributed by atoms with Gasteiger partial charge >= 0.3 is 6.09 Å². The van der Waals surface area contributed by atoms with Gasteiger partial charge in [0.15, 0.2) is 0 Å². The van der Waals surface area contributed by atoms with Crippen molar-refractivity contribution >= 4 is 32.6 Å². The first kappa shape index (κ1) is 20.5. The third-order valence-electron chi connectivity index (χ3n) is 6.16. The highest BCUT2D eigenvalue weighted by Gasteiger charge is 2.37. The fourth-order valence-electron chi connectivity index (χ4n) is 4.48. The summed E-state index contributed by atoms with van der Waals surface area (Å²) in [4.78, 5) is 14.4. The van der Waals surface area contributed by atoms with Crippen LogP contribution in [0.2, 0.25) is 0 Å². The lowest BCUT2D eigenvalue weighted by molar-refractivity contribution is 0.136. The molecule has 0 spiro atoms. The largest absolute Gasteiger partial charge is 0.444 e. The molecule has 0 N–H and O–H groups in total. The molecule has 0 unspecified atom stereocenters. The van der Waals surface area contributed by atoms with Gasteiger partial charge in [-0.05, 0) is 53.9 Å². The Labute approximate surface area is 186 Å².